The lowest BCUT2D eigenvalue weighted by molar-refractivity contribution is 0.0738. The van der Waals surface area contributed by atoms with Gasteiger partial charge in [-0.25, -0.2) is 0 Å². The van der Waals surface area contributed by atoms with Crippen LogP contribution in [0.1, 0.15) is 64.0 Å². The summed E-state index contributed by atoms with van der Waals surface area (Å²) in [6.45, 7) is 8.49. The zero-order valence-electron chi connectivity index (χ0n) is 12.7. The van der Waals surface area contributed by atoms with Gasteiger partial charge in [0, 0.05) is 6.61 Å². The smallest absolute Gasteiger partial charge is 0.0717 e. The first kappa shape index (κ1) is 14.6. The van der Waals surface area contributed by atoms with Crippen molar-refractivity contribution in [1.29, 1.82) is 0 Å². The van der Waals surface area contributed by atoms with Crippen LogP contribution in [0.15, 0.2) is 24.3 Å². The molecule has 1 aliphatic rings. The lowest BCUT2D eigenvalue weighted by Crippen LogP contribution is -2.14. The molecule has 0 saturated heterocycles. The standard InChI is InChI=1S/C18H28O/c1-18(2,3)17-11-7-10-16(12-17)14-19-13-15-8-5-4-6-9-15/h7,10-12,15H,4-6,8-9,13-14H2,1-3H3. The maximum absolute atomic E-state index is 5.93. The van der Waals surface area contributed by atoms with Crippen molar-refractivity contribution in [2.24, 2.45) is 5.92 Å². The zero-order chi connectivity index (χ0) is 13.7. The maximum Gasteiger partial charge on any atom is 0.0717 e. The molecule has 0 heterocycles. The summed E-state index contributed by atoms with van der Waals surface area (Å²) in [4.78, 5) is 0. The molecule has 0 N–H and O–H groups in total. The van der Waals surface area contributed by atoms with E-state index in [0.717, 1.165) is 19.1 Å². The number of hydrogen-bond donors (Lipinski definition) is 0. The van der Waals surface area contributed by atoms with E-state index < -0.39 is 0 Å². The van der Waals surface area contributed by atoms with Gasteiger partial charge in [-0.1, -0.05) is 64.3 Å². The second kappa shape index (κ2) is 6.56. The molecule has 0 radical (unpaired) electrons. The molecule has 0 unspecified atom stereocenters. The fourth-order valence-electron chi connectivity index (χ4n) is 2.82. The molecule has 1 nitrogen and oxygen atoms in total. The molecule has 0 bridgehead atoms. The van der Waals surface area contributed by atoms with Gasteiger partial charge < -0.3 is 4.74 Å². The van der Waals surface area contributed by atoms with Crippen molar-refractivity contribution < 1.29 is 4.74 Å². The Morgan fingerprint density at radius 3 is 2.53 bits per heavy atom. The van der Waals surface area contributed by atoms with Gasteiger partial charge in [-0.2, -0.15) is 0 Å². The molecule has 1 saturated carbocycles. The lowest BCUT2D eigenvalue weighted by atomic mass is 9.86. The van der Waals surface area contributed by atoms with Gasteiger partial charge >= 0.3 is 0 Å². The third-order valence-corrected chi connectivity index (χ3v) is 4.14. The van der Waals surface area contributed by atoms with Gasteiger partial charge in [0.05, 0.1) is 6.61 Å². The van der Waals surface area contributed by atoms with E-state index in [0.29, 0.717) is 0 Å². The van der Waals surface area contributed by atoms with Crippen LogP contribution in [0.5, 0.6) is 0 Å². The maximum atomic E-state index is 5.93. The Bertz CT molecular complexity index is 383. The average molecular weight is 260 g/mol. The van der Waals surface area contributed by atoms with E-state index in [-0.39, 0.29) is 5.41 Å². The molecule has 1 aliphatic carbocycles. The number of benzene rings is 1. The molecule has 0 amide bonds. The third kappa shape index (κ3) is 4.65. The second-order valence-electron chi connectivity index (χ2n) is 6.97. The van der Waals surface area contributed by atoms with Crippen LogP contribution in [0.25, 0.3) is 0 Å². The van der Waals surface area contributed by atoms with Crippen LogP contribution in [-0.2, 0) is 16.8 Å². The van der Waals surface area contributed by atoms with Crippen LogP contribution >= 0.6 is 0 Å². The highest BCUT2D eigenvalue weighted by Gasteiger charge is 2.15. The van der Waals surface area contributed by atoms with Gasteiger partial charge in [0.1, 0.15) is 0 Å². The van der Waals surface area contributed by atoms with Crippen LogP contribution < -0.4 is 0 Å². The quantitative estimate of drug-likeness (QED) is 0.733. The highest BCUT2D eigenvalue weighted by Crippen LogP contribution is 2.25. The topological polar surface area (TPSA) is 9.23 Å². The highest BCUT2D eigenvalue weighted by molar-refractivity contribution is 5.28. The van der Waals surface area contributed by atoms with E-state index in [9.17, 15) is 0 Å². The summed E-state index contributed by atoms with van der Waals surface area (Å²) in [5.74, 6) is 0.805. The van der Waals surface area contributed by atoms with Crippen molar-refractivity contribution in [2.75, 3.05) is 6.61 Å². The van der Waals surface area contributed by atoms with Crippen molar-refractivity contribution in [3.63, 3.8) is 0 Å². The molecule has 0 spiro atoms. The molecule has 1 aromatic rings. The average Bonchev–Trinajstić information content (AvgIpc) is 2.39. The van der Waals surface area contributed by atoms with Crippen LogP contribution in [0.2, 0.25) is 0 Å². The van der Waals surface area contributed by atoms with E-state index >= 15 is 0 Å². The van der Waals surface area contributed by atoms with E-state index in [1.165, 1.54) is 43.2 Å². The summed E-state index contributed by atoms with van der Waals surface area (Å²) in [7, 11) is 0. The number of hydrogen-bond acceptors (Lipinski definition) is 1. The lowest BCUT2D eigenvalue weighted by Gasteiger charge is -2.22. The van der Waals surface area contributed by atoms with Crippen molar-refractivity contribution >= 4 is 0 Å². The van der Waals surface area contributed by atoms with Gasteiger partial charge in [0.2, 0.25) is 0 Å². The van der Waals surface area contributed by atoms with Gasteiger partial charge in [-0.15, -0.1) is 0 Å². The fourth-order valence-corrected chi connectivity index (χ4v) is 2.82. The van der Waals surface area contributed by atoms with Gasteiger partial charge in [-0.3, -0.25) is 0 Å². The summed E-state index contributed by atoms with van der Waals surface area (Å²) < 4.78 is 5.93. The summed E-state index contributed by atoms with van der Waals surface area (Å²) in [6, 6.07) is 8.83. The minimum absolute atomic E-state index is 0.222. The normalized spacial score (nSPS) is 17.6. The summed E-state index contributed by atoms with van der Waals surface area (Å²) >= 11 is 0. The van der Waals surface area contributed by atoms with Crippen LogP contribution in [0.3, 0.4) is 0 Å². The molecule has 1 fully saturated rings. The Kier molecular flexibility index (Phi) is 5.04. The van der Waals surface area contributed by atoms with Gasteiger partial charge in [0.15, 0.2) is 0 Å². The molecule has 0 aromatic heterocycles. The SMILES string of the molecule is CC(C)(C)c1cccc(COCC2CCCCC2)c1. The number of ether oxygens (including phenoxy) is 1. The summed E-state index contributed by atoms with van der Waals surface area (Å²) in [5.41, 5.74) is 2.92. The Labute approximate surface area is 118 Å². The predicted octanol–water partition coefficient (Wildman–Crippen LogP) is 5.08. The van der Waals surface area contributed by atoms with Crippen molar-refractivity contribution in [3.05, 3.63) is 35.4 Å². The van der Waals surface area contributed by atoms with Crippen molar-refractivity contribution in [3.8, 4) is 0 Å². The molecule has 1 heteroatoms. The molecule has 0 aliphatic heterocycles. The van der Waals surface area contributed by atoms with E-state index in [2.05, 4.69) is 45.0 Å². The van der Waals surface area contributed by atoms with Gasteiger partial charge in [0.25, 0.3) is 0 Å². The first-order valence-electron chi connectivity index (χ1n) is 7.73. The van der Waals surface area contributed by atoms with E-state index in [1.807, 2.05) is 0 Å². The van der Waals surface area contributed by atoms with Crippen LogP contribution in [0.4, 0.5) is 0 Å². The minimum Gasteiger partial charge on any atom is -0.376 e. The minimum atomic E-state index is 0.222. The van der Waals surface area contributed by atoms with E-state index in [1.54, 1.807) is 0 Å². The molecule has 1 aromatic carbocycles. The third-order valence-electron chi connectivity index (χ3n) is 4.14. The van der Waals surface area contributed by atoms with Crippen molar-refractivity contribution in [1.82, 2.24) is 0 Å². The fraction of sp³-hybridized carbons (Fsp3) is 0.667. The largest absolute Gasteiger partial charge is 0.376 e. The summed E-state index contributed by atoms with van der Waals surface area (Å²) in [5, 5.41) is 0. The first-order valence-corrected chi connectivity index (χ1v) is 7.73. The molecular weight excluding hydrogens is 232 g/mol. The van der Waals surface area contributed by atoms with Crippen molar-refractivity contribution in [2.45, 2.75) is 64.9 Å². The molecule has 2 rings (SSSR count). The molecule has 106 valence electrons. The molecular formula is C18H28O. The Hall–Kier alpha value is -0.820. The van der Waals surface area contributed by atoms with Crippen LogP contribution in [0, 0.1) is 5.92 Å². The molecule has 19 heavy (non-hydrogen) atoms. The Balaban J connectivity index is 1.82. The number of rotatable bonds is 4. The Morgan fingerprint density at radius 1 is 1.11 bits per heavy atom. The van der Waals surface area contributed by atoms with Crippen LogP contribution in [-0.4, -0.2) is 6.61 Å². The van der Waals surface area contributed by atoms with Gasteiger partial charge in [-0.05, 0) is 35.3 Å². The molecule has 0 atom stereocenters. The zero-order valence-corrected chi connectivity index (χ0v) is 12.7. The first-order chi connectivity index (χ1) is 9.05. The Morgan fingerprint density at radius 2 is 1.84 bits per heavy atom. The van der Waals surface area contributed by atoms with E-state index in [4.69, 9.17) is 4.74 Å². The predicted molar refractivity (Wildman–Crippen MR) is 81.4 cm³/mol. The second-order valence-corrected chi connectivity index (χ2v) is 6.97. The summed E-state index contributed by atoms with van der Waals surface area (Å²) in [6.07, 6.45) is 6.94. The highest BCUT2D eigenvalue weighted by atomic mass is 16.5. The monoisotopic (exact) mass is 260 g/mol.